The Labute approximate surface area is 139 Å². The highest BCUT2D eigenvalue weighted by molar-refractivity contribution is 5.96. The van der Waals surface area contributed by atoms with Gasteiger partial charge in [0.25, 0.3) is 5.91 Å². The quantitative estimate of drug-likeness (QED) is 0.801. The van der Waals surface area contributed by atoms with Crippen molar-refractivity contribution >= 4 is 22.6 Å². The van der Waals surface area contributed by atoms with Crippen molar-refractivity contribution in [3.8, 4) is 0 Å². The van der Waals surface area contributed by atoms with Crippen molar-refractivity contribution in [1.29, 1.82) is 0 Å². The molecular weight excluding hydrogens is 302 g/mol. The summed E-state index contributed by atoms with van der Waals surface area (Å²) in [6.45, 7) is 3.09. The molecule has 1 N–H and O–H groups in total. The molecule has 1 aliphatic rings. The van der Waals surface area contributed by atoms with Crippen molar-refractivity contribution < 1.29 is 4.79 Å². The molecule has 3 aromatic rings. The number of rotatable bonds is 3. The number of aryl methyl sites for hydroxylation is 1. The van der Waals surface area contributed by atoms with Gasteiger partial charge in [-0.3, -0.25) is 9.78 Å². The normalized spacial score (nSPS) is 13.0. The molecule has 0 fully saturated rings. The van der Waals surface area contributed by atoms with Gasteiger partial charge in [0, 0.05) is 36.4 Å². The lowest BCUT2D eigenvalue weighted by molar-refractivity contribution is 0.0961. The topological polar surface area (TPSA) is 71.0 Å². The van der Waals surface area contributed by atoms with Gasteiger partial charge in [-0.2, -0.15) is 0 Å². The van der Waals surface area contributed by atoms with Gasteiger partial charge < -0.3 is 10.2 Å². The fourth-order valence-corrected chi connectivity index (χ4v) is 3.00. The molecule has 0 spiro atoms. The Kier molecular flexibility index (Phi) is 3.37. The van der Waals surface area contributed by atoms with Crippen LogP contribution in [0.1, 0.15) is 27.4 Å². The first-order valence-corrected chi connectivity index (χ1v) is 7.82. The van der Waals surface area contributed by atoms with E-state index in [1.807, 2.05) is 31.0 Å². The van der Waals surface area contributed by atoms with Crippen LogP contribution in [0.3, 0.4) is 0 Å². The first-order chi connectivity index (χ1) is 11.6. The zero-order valence-corrected chi connectivity index (χ0v) is 13.6. The second kappa shape index (κ2) is 5.56. The number of fused-ring (bicyclic) bond motifs is 2. The number of benzene rings is 1. The third-order valence-corrected chi connectivity index (χ3v) is 4.23. The molecule has 0 unspecified atom stereocenters. The molecule has 0 atom stereocenters. The molecular formula is C18H17N5O. The van der Waals surface area contributed by atoms with Crippen molar-refractivity contribution in [2.24, 2.45) is 0 Å². The van der Waals surface area contributed by atoms with E-state index in [0.717, 1.165) is 22.3 Å². The van der Waals surface area contributed by atoms with Gasteiger partial charge in [0.05, 0.1) is 12.2 Å². The van der Waals surface area contributed by atoms with Gasteiger partial charge in [0.15, 0.2) is 0 Å². The maximum Gasteiger partial charge on any atom is 0.270 e. The molecule has 6 nitrogen and oxygen atoms in total. The van der Waals surface area contributed by atoms with Crippen LogP contribution in [0.15, 0.2) is 36.5 Å². The monoisotopic (exact) mass is 319 g/mol. The van der Waals surface area contributed by atoms with Gasteiger partial charge in [-0.15, -0.1) is 0 Å². The number of carbonyl (C=O) groups is 1. The molecule has 4 rings (SSSR count). The van der Waals surface area contributed by atoms with E-state index in [0.29, 0.717) is 24.7 Å². The van der Waals surface area contributed by atoms with Crippen LogP contribution >= 0.6 is 0 Å². The molecule has 3 heterocycles. The molecule has 1 aliphatic heterocycles. The molecule has 6 heteroatoms. The molecule has 0 saturated heterocycles. The van der Waals surface area contributed by atoms with E-state index in [4.69, 9.17) is 0 Å². The Morgan fingerprint density at radius 1 is 1.25 bits per heavy atom. The summed E-state index contributed by atoms with van der Waals surface area (Å²) in [6, 6.07) is 10.3. The molecule has 24 heavy (non-hydrogen) atoms. The minimum atomic E-state index is -0.137. The summed E-state index contributed by atoms with van der Waals surface area (Å²) in [5.74, 6) is 0.389. The highest BCUT2D eigenvalue weighted by atomic mass is 16.2. The lowest BCUT2D eigenvalue weighted by Crippen LogP contribution is -2.21. The van der Waals surface area contributed by atoms with Crippen molar-refractivity contribution in [2.75, 3.05) is 11.9 Å². The van der Waals surface area contributed by atoms with E-state index in [-0.39, 0.29) is 5.91 Å². The Balaban J connectivity index is 1.64. The van der Waals surface area contributed by atoms with Crippen LogP contribution in [0, 0.1) is 6.92 Å². The second-order valence-corrected chi connectivity index (χ2v) is 6.00. The lowest BCUT2D eigenvalue weighted by atomic mass is 10.1. The number of carbonyl (C=O) groups excluding carboxylic acids is 1. The zero-order valence-electron chi connectivity index (χ0n) is 13.6. The van der Waals surface area contributed by atoms with Crippen molar-refractivity contribution in [1.82, 2.24) is 20.3 Å². The van der Waals surface area contributed by atoms with Gasteiger partial charge in [0.2, 0.25) is 5.95 Å². The molecule has 1 aromatic carbocycles. The van der Waals surface area contributed by atoms with Crippen LogP contribution in [-0.4, -0.2) is 27.9 Å². The van der Waals surface area contributed by atoms with Gasteiger partial charge >= 0.3 is 0 Å². The van der Waals surface area contributed by atoms with Crippen LogP contribution in [0.5, 0.6) is 0 Å². The molecule has 0 radical (unpaired) electrons. The molecule has 2 aromatic heterocycles. The minimum Gasteiger partial charge on any atom is -0.346 e. The highest BCUT2D eigenvalue weighted by Gasteiger charge is 2.22. The summed E-state index contributed by atoms with van der Waals surface area (Å²) >= 11 is 0. The van der Waals surface area contributed by atoms with E-state index in [9.17, 15) is 4.79 Å². The van der Waals surface area contributed by atoms with Gasteiger partial charge in [-0.05, 0) is 18.4 Å². The second-order valence-electron chi connectivity index (χ2n) is 6.00. The molecule has 0 saturated carbocycles. The Hall–Kier alpha value is -3.02. The number of anilines is 1. The van der Waals surface area contributed by atoms with E-state index >= 15 is 0 Å². The van der Waals surface area contributed by atoms with E-state index in [1.54, 1.807) is 6.20 Å². The molecule has 0 aliphatic carbocycles. The minimum absolute atomic E-state index is 0.137. The zero-order chi connectivity index (χ0) is 16.7. The number of hydrogen-bond donors (Lipinski definition) is 1. The summed E-state index contributed by atoms with van der Waals surface area (Å²) in [4.78, 5) is 27.1. The summed E-state index contributed by atoms with van der Waals surface area (Å²) in [6.07, 6.45) is 1.71. The summed E-state index contributed by atoms with van der Waals surface area (Å²) in [5, 5.41) is 5.09. The van der Waals surface area contributed by atoms with E-state index in [2.05, 4.69) is 38.5 Å². The van der Waals surface area contributed by atoms with Crippen LogP contribution < -0.4 is 10.2 Å². The Morgan fingerprint density at radius 2 is 2.08 bits per heavy atom. The van der Waals surface area contributed by atoms with Crippen molar-refractivity contribution in [2.45, 2.75) is 20.0 Å². The predicted molar refractivity (Wildman–Crippen MR) is 91.8 cm³/mol. The standard InChI is InChI=1S/C18H17N5O/c1-11-15-6-4-3-5-12(15)7-14(21-11)10-23(2)18-20-9-13-8-19-17(24)16(13)22-18/h3-7,9H,8,10H2,1-2H3,(H,19,24). The third kappa shape index (κ3) is 2.46. The smallest absolute Gasteiger partial charge is 0.270 e. The van der Waals surface area contributed by atoms with Crippen molar-refractivity contribution in [3.63, 3.8) is 0 Å². The van der Waals surface area contributed by atoms with Gasteiger partial charge in [0.1, 0.15) is 5.69 Å². The average Bonchev–Trinajstić information content (AvgIpc) is 2.95. The SMILES string of the molecule is Cc1nc(CN(C)c2ncc3c(n2)C(=O)NC3)cc2ccccc12. The maximum atomic E-state index is 11.8. The number of nitrogens with zero attached hydrogens (tertiary/aromatic N) is 4. The summed E-state index contributed by atoms with van der Waals surface area (Å²) in [7, 11) is 1.90. The maximum absolute atomic E-state index is 11.8. The van der Waals surface area contributed by atoms with Crippen molar-refractivity contribution in [3.05, 3.63) is 59.2 Å². The Morgan fingerprint density at radius 3 is 2.96 bits per heavy atom. The predicted octanol–water partition coefficient (Wildman–Crippen LogP) is 2.21. The van der Waals surface area contributed by atoms with Gasteiger partial charge in [-0.25, -0.2) is 9.97 Å². The number of nitrogens with one attached hydrogen (secondary N) is 1. The fourth-order valence-electron chi connectivity index (χ4n) is 3.00. The summed E-state index contributed by atoms with van der Waals surface area (Å²) in [5.41, 5.74) is 3.26. The highest BCUT2D eigenvalue weighted by Crippen LogP contribution is 2.20. The average molecular weight is 319 g/mol. The number of hydrogen-bond acceptors (Lipinski definition) is 5. The molecule has 0 bridgehead atoms. The largest absolute Gasteiger partial charge is 0.346 e. The van der Waals surface area contributed by atoms with E-state index < -0.39 is 0 Å². The Bertz CT molecular complexity index is 953. The van der Waals surface area contributed by atoms with Crippen LogP contribution in [0.4, 0.5) is 5.95 Å². The van der Waals surface area contributed by atoms with Crippen LogP contribution in [-0.2, 0) is 13.1 Å². The fraction of sp³-hybridized carbons (Fsp3) is 0.222. The van der Waals surface area contributed by atoms with E-state index in [1.165, 1.54) is 5.39 Å². The first-order valence-electron chi connectivity index (χ1n) is 7.82. The summed E-state index contributed by atoms with van der Waals surface area (Å²) < 4.78 is 0. The molecule has 1 amide bonds. The first kappa shape index (κ1) is 14.6. The van der Waals surface area contributed by atoms with Crippen LogP contribution in [0.2, 0.25) is 0 Å². The van der Waals surface area contributed by atoms with Crippen LogP contribution in [0.25, 0.3) is 10.8 Å². The third-order valence-electron chi connectivity index (χ3n) is 4.23. The van der Waals surface area contributed by atoms with Gasteiger partial charge in [-0.1, -0.05) is 24.3 Å². The number of pyridine rings is 1. The lowest BCUT2D eigenvalue weighted by Gasteiger charge is -2.17. The number of aromatic nitrogens is 3. The molecule has 120 valence electrons. The number of amides is 1.